The minimum absolute atomic E-state index is 0.103. The van der Waals surface area contributed by atoms with E-state index < -0.39 is 10.0 Å². The van der Waals surface area contributed by atoms with Gasteiger partial charge in [-0.2, -0.15) is 0 Å². The smallest absolute Gasteiger partial charge is 0.240 e. The van der Waals surface area contributed by atoms with Gasteiger partial charge in [0.2, 0.25) is 16.0 Å². The van der Waals surface area contributed by atoms with Crippen LogP contribution in [0.4, 0.5) is 11.6 Å². The number of rotatable bonds is 6. The number of anilines is 2. The number of hydrogen-bond donors (Lipinski definition) is 2. The largest absolute Gasteiger partial charge is 0.468 e. The molecule has 130 valence electrons. The number of nitrogens with one attached hydrogen (secondary N) is 2. The summed E-state index contributed by atoms with van der Waals surface area (Å²) in [5.41, 5.74) is 2.42. The van der Waals surface area contributed by atoms with Crippen LogP contribution in [0.2, 0.25) is 0 Å². The van der Waals surface area contributed by atoms with E-state index in [1.807, 2.05) is 19.9 Å². The molecule has 0 fully saturated rings. The average Bonchev–Trinajstić information content (AvgIpc) is 3.06. The Morgan fingerprint density at radius 2 is 1.72 bits per heavy atom. The Balaban J connectivity index is 1.70. The Labute approximate surface area is 146 Å². The SMILES string of the molecule is Cc1cc(C)nc(Nc2ccc(S(=O)(=O)NCc3ccco3)cc2)n1. The molecule has 2 aromatic heterocycles. The normalized spacial score (nSPS) is 11.4. The molecule has 1 aromatic carbocycles. The molecule has 0 saturated heterocycles. The minimum Gasteiger partial charge on any atom is -0.468 e. The summed E-state index contributed by atoms with van der Waals surface area (Å²) in [5.74, 6) is 1.03. The molecule has 7 nitrogen and oxygen atoms in total. The Bertz CT molecular complexity index is 932. The first-order valence-corrected chi connectivity index (χ1v) is 9.12. The Morgan fingerprint density at radius 1 is 1.04 bits per heavy atom. The van der Waals surface area contributed by atoms with Gasteiger partial charge in [0.15, 0.2) is 0 Å². The van der Waals surface area contributed by atoms with Crippen LogP contribution in [0.15, 0.2) is 58.0 Å². The second kappa shape index (κ2) is 7.04. The molecule has 0 aliphatic heterocycles. The minimum atomic E-state index is -3.61. The fraction of sp³-hybridized carbons (Fsp3) is 0.176. The van der Waals surface area contributed by atoms with Crippen molar-refractivity contribution in [3.05, 3.63) is 65.9 Å². The molecular weight excluding hydrogens is 340 g/mol. The van der Waals surface area contributed by atoms with Crippen molar-refractivity contribution in [3.8, 4) is 0 Å². The summed E-state index contributed by atoms with van der Waals surface area (Å²) in [7, 11) is -3.61. The molecule has 0 bridgehead atoms. The molecule has 2 heterocycles. The van der Waals surface area contributed by atoms with Crippen molar-refractivity contribution >= 4 is 21.7 Å². The third-order valence-corrected chi connectivity index (χ3v) is 4.84. The number of nitrogens with zero attached hydrogens (tertiary/aromatic N) is 2. The summed E-state index contributed by atoms with van der Waals surface area (Å²) in [6, 6.07) is 11.7. The zero-order chi connectivity index (χ0) is 17.9. The summed E-state index contributed by atoms with van der Waals surface area (Å²) in [5, 5.41) is 3.07. The van der Waals surface area contributed by atoms with Crippen molar-refractivity contribution in [3.63, 3.8) is 0 Å². The van der Waals surface area contributed by atoms with Gasteiger partial charge < -0.3 is 9.73 Å². The molecule has 25 heavy (non-hydrogen) atoms. The Kier molecular flexibility index (Phi) is 4.82. The van der Waals surface area contributed by atoms with Crippen LogP contribution in [-0.4, -0.2) is 18.4 Å². The molecule has 3 rings (SSSR count). The summed E-state index contributed by atoms with van der Waals surface area (Å²) in [4.78, 5) is 8.76. The molecule has 0 atom stereocenters. The van der Waals surface area contributed by atoms with Gasteiger partial charge in [-0.25, -0.2) is 23.1 Å². The number of aryl methyl sites for hydroxylation is 2. The topological polar surface area (TPSA) is 97.1 Å². The van der Waals surface area contributed by atoms with Crippen LogP contribution in [0.1, 0.15) is 17.1 Å². The van der Waals surface area contributed by atoms with Gasteiger partial charge in [0.1, 0.15) is 5.76 Å². The predicted molar refractivity (Wildman–Crippen MR) is 94.0 cm³/mol. The third-order valence-electron chi connectivity index (χ3n) is 3.42. The van der Waals surface area contributed by atoms with Gasteiger partial charge in [-0.3, -0.25) is 0 Å². The van der Waals surface area contributed by atoms with E-state index in [0.29, 0.717) is 17.4 Å². The first-order valence-electron chi connectivity index (χ1n) is 7.64. The van der Waals surface area contributed by atoms with Crippen molar-refractivity contribution < 1.29 is 12.8 Å². The van der Waals surface area contributed by atoms with E-state index in [-0.39, 0.29) is 11.4 Å². The first kappa shape index (κ1) is 17.1. The standard InChI is InChI=1S/C17H18N4O3S/c1-12-10-13(2)20-17(19-12)21-14-5-7-16(8-6-14)25(22,23)18-11-15-4-3-9-24-15/h3-10,18H,11H2,1-2H3,(H,19,20,21). The Hall–Kier alpha value is -2.71. The molecule has 0 unspecified atom stereocenters. The van der Waals surface area contributed by atoms with Crippen LogP contribution < -0.4 is 10.0 Å². The molecule has 0 spiro atoms. The highest BCUT2D eigenvalue weighted by Crippen LogP contribution is 2.17. The summed E-state index contributed by atoms with van der Waals surface area (Å²) in [6.45, 7) is 3.88. The molecule has 0 aliphatic rings. The van der Waals surface area contributed by atoms with Gasteiger partial charge >= 0.3 is 0 Å². The monoisotopic (exact) mass is 358 g/mol. The van der Waals surface area contributed by atoms with Crippen molar-refractivity contribution in [2.45, 2.75) is 25.3 Å². The van der Waals surface area contributed by atoms with Crippen LogP contribution in [0.25, 0.3) is 0 Å². The molecule has 0 radical (unpaired) electrons. The van der Waals surface area contributed by atoms with Gasteiger partial charge in [-0.05, 0) is 56.3 Å². The van der Waals surface area contributed by atoms with Gasteiger partial charge in [0.05, 0.1) is 17.7 Å². The lowest BCUT2D eigenvalue weighted by Crippen LogP contribution is -2.22. The second-order valence-corrected chi connectivity index (χ2v) is 7.29. The van der Waals surface area contributed by atoms with Crippen LogP contribution in [-0.2, 0) is 16.6 Å². The van der Waals surface area contributed by atoms with Crippen molar-refractivity contribution in [2.75, 3.05) is 5.32 Å². The van der Waals surface area contributed by atoms with Gasteiger partial charge in [0.25, 0.3) is 0 Å². The summed E-state index contributed by atoms with van der Waals surface area (Å²) < 4.78 is 32.2. The predicted octanol–water partition coefficient (Wildman–Crippen LogP) is 2.91. The van der Waals surface area contributed by atoms with E-state index in [1.165, 1.54) is 18.4 Å². The number of sulfonamides is 1. The quantitative estimate of drug-likeness (QED) is 0.703. The lowest BCUT2D eigenvalue weighted by Gasteiger charge is -2.09. The van der Waals surface area contributed by atoms with Gasteiger partial charge in [0, 0.05) is 17.1 Å². The highest BCUT2D eigenvalue weighted by atomic mass is 32.2. The van der Waals surface area contributed by atoms with Crippen molar-refractivity contribution in [1.29, 1.82) is 0 Å². The zero-order valence-corrected chi connectivity index (χ0v) is 14.7. The maximum Gasteiger partial charge on any atom is 0.240 e. The zero-order valence-electron chi connectivity index (χ0n) is 13.9. The van der Waals surface area contributed by atoms with Gasteiger partial charge in [-0.1, -0.05) is 0 Å². The summed E-state index contributed by atoms with van der Waals surface area (Å²) >= 11 is 0. The van der Waals surface area contributed by atoms with E-state index >= 15 is 0 Å². The van der Waals surface area contributed by atoms with Crippen molar-refractivity contribution in [2.24, 2.45) is 0 Å². The number of furan rings is 1. The van der Waals surface area contributed by atoms with Crippen LogP contribution in [0, 0.1) is 13.8 Å². The van der Waals surface area contributed by atoms with E-state index in [2.05, 4.69) is 20.0 Å². The number of benzene rings is 1. The fourth-order valence-corrected chi connectivity index (χ4v) is 3.28. The van der Waals surface area contributed by atoms with E-state index in [0.717, 1.165) is 11.4 Å². The number of hydrogen-bond acceptors (Lipinski definition) is 6. The third kappa shape index (κ3) is 4.43. The second-order valence-electron chi connectivity index (χ2n) is 5.53. The number of aromatic nitrogens is 2. The van der Waals surface area contributed by atoms with E-state index in [9.17, 15) is 8.42 Å². The average molecular weight is 358 g/mol. The van der Waals surface area contributed by atoms with E-state index in [1.54, 1.807) is 24.3 Å². The van der Waals surface area contributed by atoms with Crippen molar-refractivity contribution in [1.82, 2.24) is 14.7 Å². The maximum atomic E-state index is 12.3. The van der Waals surface area contributed by atoms with E-state index in [4.69, 9.17) is 4.42 Å². The molecule has 0 saturated carbocycles. The van der Waals surface area contributed by atoms with Crippen LogP contribution in [0.5, 0.6) is 0 Å². The highest BCUT2D eigenvalue weighted by molar-refractivity contribution is 7.89. The highest BCUT2D eigenvalue weighted by Gasteiger charge is 2.14. The lowest BCUT2D eigenvalue weighted by molar-refractivity contribution is 0.498. The first-order chi connectivity index (χ1) is 11.9. The van der Waals surface area contributed by atoms with Crippen LogP contribution in [0.3, 0.4) is 0 Å². The van der Waals surface area contributed by atoms with Crippen LogP contribution >= 0.6 is 0 Å². The maximum absolute atomic E-state index is 12.3. The molecule has 3 aromatic rings. The molecule has 2 N–H and O–H groups in total. The van der Waals surface area contributed by atoms with Gasteiger partial charge in [-0.15, -0.1) is 0 Å². The fourth-order valence-electron chi connectivity index (χ4n) is 2.29. The molecule has 0 aliphatic carbocycles. The molecule has 8 heteroatoms. The molecular formula is C17H18N4O3S. The summed E-state index contributed by atoms with van der Waals surface area (Å²) in [6.07, 6.45) is 1.50. The Morgan fingerprint density at radius 3 is 2.32 bits per heavy atom. The molecule has 0 amide bonds. The lowest BCUT2D eigenvalue weighted by atomic mass is 10.3.